The number of aliphatic hydroxyl groups excluding tert-OH is 1. The van der Waals surface area contributed by atoms with Gasteiger partial charge in [0.2, 0.25) is 0 Å². The monoisotopic (exact) mass is 323 g/mol. The molecule has 0 radical (unpaired) electrons. The van der Waals surface area contributed by atoms with Crippen LogP contribution in [0.5, 0.6) is 0 Å². The number of guanidine groups is 1. The van der Waals surface area contributed by atoms with Crippen LogP contribution in [-0.4, -0.2) is 29.2 Å². The van der Waals surface area contributed by atoms with Crippen LogP contribution in [0.15, 0.2) is 47.5 Å². The van der Waals surface area contributed by atoms with Crippen LogP contribution in [0.25, 0.3) is 11.1 Å². The van der Waals surface area contributed by atoms with Crippen molar-refractivity contribution in [2.75, 3.05) is 7.05 Å². The molecular formula is C20H25N3O. The number of nitrogens with zero attached hydrogens (tertiary/aromatic N) is 2. The molecule has 0 aromatic heterocycles. The second-order valence-corrected chi connectivity index (χ2v) is 7.00. The molecule has 1 heterocycles. The molecule has 126 valence electrons. The topological polar surface area (TPSA) is 61.8 Å². The lowest BCUT2D eigenvalue weighted by Gasteiger charge is -2.38. The zero-order valence-corrected chi connectivity index (χ0v) is 14.7. The molecule has 3 rings (SSSR count). The molecule has 0 saturated carbocycles. The summed E-state index contributed by atoms with van der Waals surface area (Å²) < 4.78 is 0. The van der Waals surface area contributed by atoms with Gasteiger partial charge in [0.25, 0.3) is 0 Å². The van der Waals surface area contributed by atoms with Gasteiger partial charge in [-0.15, -0.1) is 0 Å². The van der Waals surface area contributed by atoms with Gasteiger partial charge in [0.15, 0.2) is 5.96 Å². The van der Waals surface area contributed by atoms with E-state index in [4.69, 9.17) is 5.73 Å². The summed E-state index contributed by atoms with van der Waals surface area (Å²) in [4.78, 5) is 6.25. The first kappa shape index (κ1) is 16.5. The molecule has 0 fully saturated rings. The van der Waals surface area contributed by atoms with Gasteiger partial charge >= 0.3 is 0 Å². The van der Waals surface area contributed by atoms with Crippen LogP contribution >= 0.6 is 0 Å². The fourth-order valence-electron chi connectivity index (χ4n) is 3.38. The molecule has 2 aromatic rings. The number of rotatable bonds is 2. The Morgan fingerprint density at radius 1 is 1.12 bits per heavy atom. The summed E-state index contributed by atoms with van der Waals surface area (Å²) in [5, 5.41) is 10.3. The van der Waals surface area contributed by atoms with Gasteiger partial charge in [0.1, 0.15) is 6.23 Å². The van der Waals surface area contributed by atoms with E-state index in [2.05, 4.69) is 55.2 Å². The van der Waals surface area contributed by atoms with Crippen molar-refractivity contribution < 1.29 is 5.11 Å². The number of nitrogens with two attached hydrogens (primary N) is 1. The summed E-state index contributed by atoms with van der Waals surface area (Å²) in [6, 6.07) is 14.9. The molecule has 0 spiro atoms. The Kier molecular flexibility index (Phi) is 4.10. The Balaban J connectivity index is 2.05. The van der Waals surface area contributed by atoms with Crippen LogP contribution in [0, 0.1) is 13.8 Å². The van der Waals surface area contributed by atoms with E-state index in [0.717, 1.165) is 11.1 Å². The average molecular weight is 323 g/mol. The Hall–Kier alpha value is -2.33. The molecule has 0 bridgehead atoms. The predicted molar refractivity (Wildman–Crippen MR) is 98.7 cm³/mol. The van der Waals surface area contributed by atoms with Gasteiger partial charge in [-0.1, -0.05) is 47.5 Å². The first-order chi connectivity index (χ1) is 11.3. The highest BCUT2D eigenvalue weighted by Crippen LogP contribution is 2.36. The van der Waals surface area contributed by atoms with Crippen LogP contribution < -0.4 is 5.73 Å². The first-order valence-electron chi connectivity index (χ1n) is 8.24. The number of aliphatic imine (C=N–C) groups is 1. The molecule has 0 saturated heterocycles. The fourth-order valence-corrected chi connectivity index (χ4v) is 3.38. The summed E-state index contributed by atoms with van der Waals surface area (Å²) in [5.74, 6) is 0.369. The van der Waals surface area contributed by atoms with Crippen molar-refractivity contribution in [1.82, 2.24) is 4.90 Å². The molecule has 1 aliphatic heterocycles. The van der Waals surface area contributed by atoms with Crippen LogP contribution in [-0.2, 0) is 5.54 Å². The van der Waals surface area contributed by atoms with Crippen LogP contribution in [0.1, 0.15) is 30.0 Å². The van der Waals surface area contributed by atoms with Gasteiger partial charge in [-0.2, -0.15) is 0 Å². The van der Waals surface area contributed by atoms with Gasteiger partial charge in [0.05, 0.1) is 5.54 Å². The van der Waals surface area contributed by atoms with E-state index >= 15 is 0 Å². The lowest BCUT2D eigenvalue weighted by Crippen LogP contribution is -2.50. The van der Waals surface area contributed by atoms with Crippen molar-refractivity contribution in [3.8, 4) is 11.1 Å². The Morgan fingerprint density at radius 2 is 1.79 bits per heavy atom. The largest absolute Gasteiger partial charge is 0.373 e. The van der Waals surface area contributed by atoms with Crippen molar-refractivity contribution >= 4 is 5.96 Å². The smallest absolute Gasteiger partial charge is 0.193 e. The predicted octanol–water partition coefficient (Wildman–Crippen LogP) is 3.15. The molecule has 4 nitrogen and oxygen atoms in total. The number of aliphatic hydroxyl groups is 1. The van der Waals surface area contributed by atoms with Crippen molar-refractivity contribution in [1.29, 1.82) is 0 Å². The molecule has 0 amide bonds. The van der Waals surface area contributed by atoms with E-state index in [9.17, 15) is 5.11 Å². The van der Waals surface area contributed by atoms with E-state index in [1.807, 2.05) is 13.0 Å². The zero-order valence-electron chi connectivity index (χ0n) is 14.7. The summed E-state index contributed by atoms with van der Waals surface area (Å²) in [6.07, 6.45) is -0.113. The van der Waals surface area contributed by atoms with E-state index in [1.54, 1.807) is 11.9 Å². The summed E-state index contributed by atoms with van der Waals surface area (Å²) in [5.41, 5.74) is 11.4. The van der Waals surface area contributed by atoms with Crippen LogP contribution in [0.4, 0.5) is 0 Å². The molecule has 3 N–H and O–H groups in total. The molecule has 1 aliphatic rings. The minimum atomic E-state index is -0.627. The highest BCUT2D eigenvalue weighted by molar-refractivity contribution is 5.79. The number of benzene rings is 2. The maximum atomic E-state index is 10.3. The van der Waals surface area contributed by atoms with Crippen molar-refractivity contribution in [3.05, 3.63) is 59.2 Å². The Morgan fingerprint density at radius 3 is 2.42 bits per heavy atom. The van der Waals surface area contributed by atoms with Gasteiger partial charge in [-0.3, -0.25) is 0 Å². The molecule has 2 aromatic carbocycles. The molecule has 2 unspecified atom stereocenters. The normalized spacial score (nSPS) is 24.0. The van der Waals surface area contributed by atoms with Gasteiger partial charge < -0.3 is 15.7 Å². The summed E-state index contributed by atoms with van der Waals surface area (Å²) in [6.45, 7) is 6.25. The molecule has 0 aliphatic carbocycles. The standard InChI is InChI=1S/C20H25N3O/c1-13-8-14(2)10-16(9-13)15-6-5-7-17(11-15)20(3)12-18(24)23(4)19(21)22-20/h5-11,18,24H,12H2,1-4H3,(H2,21,22). The van der Waals surface area contributed by atoms with Gasteiger partial charge in [0, 0.05) is 13.5 Å². The number of aryl methyl sites for hydroxylation is 2. The van der Waals surface area contributed by atoms with Crippen LogP contribution in [0.2, 0.25) is 0 Å². The Labute approximate surface area is 143 Å². The lowest BCUT2D eigenvalue weighted by atomic mass is 9.85. The molecule has 4 heteroatoms. The highest BCUT2D eigenvalue weighted by Gasteiger charge is 2.36. The van der Waals surface area contributed by atoms with E-state index in [-0.39, 0.29) is 0 Å². The quantitative estimate of drug-likeness (QED) is 0.892. The maximum absolute atomic E-state index is 10.3. The second-order valence-electron chi connectivity index (χ2n) is 7.00. The van der Waals surface area contributed by atoms with E-state index < -0.39 is 11.8 Å². The second kappa shape index (κ2) is 5.95. The third kappa shape index (κ3) is 3.02. The van der Waals surface area contributed by atoms with Crippen molar-refractivity contribution in [2.45, 2.75) is 39.0 Å². The number of hydrogen-bond donors (Lipinski definition) is 2. The fraction of sp³-hybridized carbons (Fsp3) is 0.350. The van der Waals surface area contributed by atoms with Crippen LogP contribution in [0.3, 0.4) is 0 Å². The number of hydrogen-bond acceptors (Lipinski definition) is 4. The third-order valence-electron chi connectivity index (χ3n) is 4.79. The lowest BCUT2D eigenvalue weighted by molar-refractivity contribution is 0.0292. The average Bonchev–Trinajstić information content (AvgIpc) is 2.52. The highest BCUT2D eigenvalue weighted by atomic mass is 16.3. The van der Waals surface area contributed by atoms with E-state index in [0.29, 0.717) is 12.4 Å². The Bertz CT molecular complexity index is 779. The molecule has 24 heavy (non-hydrogen) atoms. The van der Waals surface area contributed by atoms with Crippen molar-refractivity contribution in [3.63, 3.8) is 0 Å². The zero-order chi connectivity index (χ0) is 17.5. The molecular weight excluding hydrogens is 298 g/mol. The summed E-state index contributed by atoms with van der Waals surface area (Å²) >= 11 is 0. The molecule has 2 atom stereocenters. The van der Waals surface area contributed by atoms with E-state index in [1.165, 1.54) is 16.7 Å². The maximum Gasteiger partial charge on any atom is 0.193 e. The first-order valence-corrected chi connectivity index (χ1v) is 8.24. The van der Waals surface area contributed by atoms with Gasteiger partial charge in [-0.05, 0) is 43.5 Å². The minimum Gasteiger partial charge on any atom is -0.373 e. The SMILES string of the molecule is Cc1cc(C)cc(-c2cccc(C3(C)CC(O)N(C)C(N)=N3)c2)c1. The van der Waals surface area contributed by atoms with Crippen molar-refractivity contribution in [2.24, 2.45) is 10.7 Å². The minimum absolute atomic E-state index is 0.369. The summed E-state index contributed by atoms with van der Waals surface area (Å²) in [7, 11) is 1.76. The third-order valence-corrected chi connectivity index (χ3v) is 4.79. The van der Waals surface area contributed by atoms with Gasteiger partial charge in [-0.25, -0.2) is 4.99 Å².